The molecule has 0 rings (SSSR count). The lowest BCUT2D eigenvalue weighted by Gasteiger charge is -2.24. The first-order valence-corrected chi connectivity index (χ1v) is 11.5. The van der Waals surface area contributed by atoms with Crippen molar-refractivity contribution in [2.24, 2.45) is 11.5 Å². The molecule has 4 N–H and O–H groups in total. The first-order valence-electron chi connectivity index (χ1n) is 11.5. The summed E-state index contributed by atoms with van der Waals surface area (Å²) in [5.74, 6) is 0. The van der Waals surface area contributed by atoms with Crippen LogP contribution in [0.2, 0.25) is 0 Å². The van der Waals surface area contributed by atoms with Crippen LogP contribution in [0, 0.1) is 0 Å². The summed E-state index contributed by atoms with van der Waals surface area (Å²) >= 11 is 0. The fourth-order valence-corrected chi connectivity index (χ4v) is 3.45. The molecule has 0 saturated carbocycles. The number of carbonyl (C=O) groups excluding carboxylic acids is 2. The molecule has 6 heteroatoms. The summed E-state index contributed by atoms with van der Waals surface area (Å²) in [6, 6.07) is 0. The van der Waals surface area contributed by atoms with E-state index in [1.807, 2.05) is 0 Å². The van der Waals surface area contributed by atoms with Crippen LogP contribution in [0.3, 0.4) is 0 Å². The van der Waals surface area contributed by atoms with E-state index in [1.54, 1.807) is 0 Å². The average Bonchev–Trinajstić information content (AvgIpc) is 2.71. The number of nitrogens with zero attached hydrogens (tertiary/aromatic N) is 2. The number of aldehydes is 2. The molecule has 0 saturated heterocycles. The van der Waals surface area contributed by atoms with E-state index < -0.39 is 0 Å². The Balaban J connectivity index is 4.03. The molecule has 0 aliphatic carbocycles. The van der Waals surface area contributed by atoms with Gasteiger partial charge in [0.25, 0.3) is 0 Å². The van der Waals surface area contributed by atoms with Crippen LogP contribution in [-0.2, 0) is 9.59 Å². The zero-order chi connectivity index (χ0) is 20.7. The molecular formula is C22H46N4O2. The molecule has 0 aliphatic rings. The van der Waals surface area contributed by atoms with Gasteiger partial charge in [-0.05, 0) is 104 Å². The smallest absolute Gasteiger partial charge is 0.119 e. The zero-order valence-corrected chi connectivity index (χ0v) is 18.2. The van der Waals surface area contributed by atoms with E-state index in [2.05, 4.69) is 9.80 Å². The molecular weight excluding hydrogens is 352 g/mol. The molecule has 0 aliphatic heterocycles. The minimum Gasteiger partial charge on any atom is -0.330 e. The molecule has 0 radical (unpaired) electrons. The van der Waals surface area contributed by atoms with Gasteiger partial charge in [-0.2, -0.15) is 0 Å². The Kier molecular flexibility index (Phi) is 21.8. The molecule has 0 aromatic carbocycles. The summed E-state index contributed by atoms with van der Waals surface area (Å²) in [7, 11) is 0. The van der Waals surface area contributed by atoms with Gasteiger partial charge in [0, 0.05) is 12.8 Å². The second kappa shape index (κ2) is 22.5. The summed E-state index contributed by atoms with van der Waals surface area (Å²) in [5.41, 5.74) is 11.4. The number of carbonyl (C=O) groups is 2. The third kappa shape index (κ3) is 18.5. The van der Waals surface area contributed by atoms with Crippen molar-refractivity contribution in [2.75, 3.05) is 52.4 Å². The predicted molar refractivity (Wildman–Crippen MR) is 119 cm³/mol. The van der Waals surface area contributed by atoms with Gasteiger partial charge >= 0.3 is 0 Å². The van der Waals surface area contributed by atoms with Crippen LogP contribution >= 0.6 is 0 Å². The van der Waals surface area contributed by atoms with E-state index in [0.29, 0.717) is 12.8 Å². The number of hydrogen-bond donors (Lipinski definition) is 2. The minimum absolute atomic E-state index is 0.691. The topological polar surface area (TPSA) is 92.7 Å². The predicted octanol–water partition coefficient (Wildman–Crippen LogP) is 2.59. The van der Waals surface area contributed by atoms with Crippen molar-refractivity contribution in [3.63, 3.8) is 0 Å². The monoisotopic (exact) mass is 398 g/mol. The van der Waals surface area contributed by atoms with Crippen LogP contribution in [0.15, 0.2) is 0 Å². The molecule has 0 atom stereocenters. The fourth-order valence-electron chi connectivity index (χ4n) is 3.45. The molecule has 6 nitrogen and oxygen atoms in total. The SMILES string of the molecule is NCCCN(CCCCCC=O)CCCCN(CCCN)CCCCCC=O. The van der Waals surface area contributed by atoms with Gasteiger partial charge in [0.2, 0.25) is 0 Å². The van der Waals surface area contributed by atoms with Gasteiger partial charge in [-0.3, -0.25) is 0 Å². The van der Waals surface area contributed by atoms with Crippen LogP contribution < -0.4 is 11.5 Å². The maximum Gasteiger partial charge on any atom is 0.119 e. The highest BCUT2D eigenvalue weighted by molar-refractivity contribution is 5.49. The van der Waals surface area contributed by atoms with Crippen LogP contribution in [0.25, 0.3) is 0 Å². The Hall–Kier alpha value is -0.820. The van der Waals surface area contributed by atoms with Crippen molar-refractivity contribution in [1.82, 2.24) is 9.80 Å². The molecule has 0 fully saturated rings. The Bertz CT molecular complexity index is 310. The van der Waals surface area contributed by atoms with Gasteiger partial charge in [-0.1, -0.05) is 12.8 Å². The van der Waals surface area contributed by atoms with E-state index in [-0.39, 0.29) is 0 Å². The quantitative estimate of drug-likeness (QED) is 0.203. The first-order chi connectivity index (χ1) is 13.8. The van der Waals surface area contributed by atoms with Gasteiger partial charge < -0.3 is 30.9 Å². The molecule has 0 unspecified atom stereocenters. The second-order valence-corrected chi connectivity index (χ2v) is 7.71. The summed E-state index contributed by atoms with van der Waals surface area (Å²) in [4.78, 5) is 25.9. The lowest BCUT2D eigenvalue weighted by molar-refractivity contribution is -0.108. The van der Waals surface area contributed by atoms with Gasteiger partial charge in [0.1, 0.15) is 12.6 Å². The number of rotatable bonds is 23. The van der Waals surface area contributed by atoms with Gasteiger partial charge in [0.05, 0.1) is 0 Å². The van der Waals surface area contributed by atoms with Crippen molar-refractivity contribution in [3.05, 3.63) is 0 Å². The van der Waals surface area contributed by atoms with Gasteiger partial charge in [-0.25, -0.2) is 0 Å². The summed E-state index contributed by atoms with van der Waals surface area (Å²) in [6.45, 7) is 8.17. The number of unbranched alkanes of at least 4 members (excludes halogenated alkanes) is 7. The molecule has 0 bridgehead atoms. The third-order valence-corrected chi connectivity index (χ3v) is 5.15. The maximum absolute atomic E-state index is 10.4. The lowest BCUT2D eigenvalue weighted by Crippen LogP contribution is -2.31. The van der Waals surface area contributed by atoms with Crippen molar-refractivity contribution in [3.8, 4) is 0 Å². The van der Waals surface area contributed by atoms with Gasteiger partial charge in [-0.15, -0.1) is 0 Å². The highest BCUT2D eigenvalue weighted by Gasteiger charge is 2.07. The zero-order valence-electron chi connectivity index (χ0n) is 18.2. The molecule has 0 amide bonds. The fraction of sp³-hybridized carbons (Fsp3) is 0.909. The minimum atomic E-state index is 0.691. The molecule has 166 valence electrons. The van der Waals surface area contributed by atoms with E-state index in [0.717, 1.165) is 103 Å². The van der Waals surface area contributed by atoms with Crippen molar-refractivity contribution in [2.45, 2.75) is 77.0 Å². The van der Waals surface area contributed by atoms with Crippen molar-refractivity contribution >= 4 is 12.6 Å². The molecule has 0 aromatic heterocycles. The Labute approximate surface area is 173 Å². The van der Waals surface area contributed by atoms with Crippen LogP contribution in [0.1, 0.15) is 77.0 Å². The molecule has 0 aromatic rings. The average molecular weight is 399 g/mol. The number of hydrogen-bond acceptors (Lipinski definition) is 6. The normalized spacial score (nSPS) is 11.4. The Morgan fingerprint density at radius 2 is 0.786 bits per heavy atom. The Morgan fingerprint density at radius 1 is 0.464 bits per heavy atom. The standard InChI is InChI=1S/C22H46N4O2/c23-13-11-19-25(15-5-1-3-9-21-27)17-7-8-18-26(20-12-14-24)16-6-2-4-10-22-28/h21-22H,1-20,23-24H2. The van der Waals surface area contributed by atoms with E-state index in [9.17, 15) is 9.59 Å². The van der Waals surface area contributed by atoms with E-state index in [4.69, 9.17) is 11.5 Å². The van der Waals surface area contributed by atoms with Crippen molar-refractivity contribution in [1.29, 1.82) is 0 Å². The van der Waals surface area contributed by atoms with E-state index >= 15 is 0 Å². The lowest BCUT2D eigenvalue weighted by atomic mass is 10.1. The molecule has 0 heterocycles. The molecule has 0 spiro atoms. The maximum atomic E-state index is 10.4. The highest BCUT2D eigenvalue weighted by atomic mass is 16.1. The largest absolute Gasteiger partial charge is 0.330 e. The summed E-state index contributed by atoms with van der Waals surface area (Å²) in [6.07, 6.45) is 14.6. The summed E-state index contributed by atoms with van der Waals surface area (Å²) < 4.78 is 0. The second-order valence-electron chi connectivity index (χ2n) is 7.71. The molecule has 28 heavy (non-hydrogen) atoms. The first kappa shape index (κ1) is 27.2. The van der Waals surface area contributed by atoms with Gasteiger partial charge in [0.15, 0.2) is 0 Å². The Morgan fingerprint density at radius 3 is 1.11 bits per heavy atom. The van der Waals surface area contributed by atoms with Crippen molar-refractivity contribution < 1.29 is 9.59 Å². The van der Waals surface area contributed by atoms with Crippen LogP contribution in [0.4, 0.5) is 0 Å². The van der Waals surface area contributed by atoms with Crippen LogP contribution in [-0.4, -0.2) is 74.7 Å². The van der Waals surface area contributed by atoms with Crippen LogP contribution in [0.5, 0.6) is 0 Å². The third-order valence-electron chi connectivity index (χ3n) is 5.15. The summed E-state index contributed by atoms with van der Waals surface area (Å²) in [5, 5.41) is 0. The number of nitrogens with two attached hydrogens (primary N) is 2. The highest BCUT2D eigenvalue weighted by Crippen LogP contribution is 2.06. The van der Waals surface area contributed by atoms with E-state index in [1.165, 1.54) is 25.7 Å².